The molecule has 0 amide bonds. The van der Waals surface area contributed by atoms with Gasteiger partial charge in [-0.1, -0.05) is 5.16 Å². The second-order valence-corrected chi connectivity index (χ2v) is 6.22. The minimum absolute atomic E-state index is 0.0460. The zero-order chi connectivity index (χ0) is 14.6. The molecule has 19 heavy (non-hydrogen) atoms. The summed E-state index contributed by atoms with van der Waals surface area (Å²) in [6.45, 7) is 6.88. The Morgan fingerprint density at radius 3 is 2.21 bits per heavy atom. The van der Waals surface area contributed by atoms with Gasteiger partial charge in [0.25, 0.3) is 0 Å². The van der Waals surface area contributed by atoms with E-state index in [9.17, 15) is 9.36 Å². The van der Waals surface area contributed by atoms with E-state index in [0.29, 0.717) is 0 Å². The number of hydrogen-bond donors (Lipinski definition) is 0. The molecule has 0 unspecified atom stereocenters. The first kappa shape index (κ1) is 15.9. The van der Waals surface area contributed by atoms with Gasteiger partial charge in [-0.25, -0.2) is 4.79 Å². The molecular weight excluding hydrogens is 273 g/mol. The van der Waals surface area contributed by atoms with Crippen LogP contribution in [0, 0.1) is 0 Å². The molecule has 0 atom stereocenters. The molecule has 8 heteroatoms. The lowest BCUT2D eigenvalue weighted by molar-refractivity contribution is 0.0554. The third kappa shape index (κ3) is 4.16. The molecule has 0 fully saturated rings. The van der Waals surface area contributed by atoms with E-state index in [1.807, 2.05) is 0 Å². The van der Waals surface area contributed by atoms with Gasteiger partial charge < -0.3 is 18.3 Å². The predicted molar refractivity (Wildman–Crippen MR) is 67.5 cm³/mol. The maximum Gasteiger partial charge on any atom is 0.383 e. The summed E-state index contributed by atoms with van der Waals surface area (Å²) in [5.74, 6) is -0.864. The summed E-state index contributed by atoms with van der Waals surface area (Å²) in [6.07, 6.45) is -0.661. The smallest absolute Gasteiger partial charge is 0.383 e. The molecular formula is C11H18NO6P. The van der Waals surface area contributed by atoms with Crippen molar-refractivity contribution in [3.63, 3.8) is 0 Å². The van der Waals surface area contributed by atoms with E-state index in [2.05, 4.69) is 9.89 Å². The summed E-state index contributed by atoms with van der Waals surface area (Å²) in [7, 11) is -2.42. The molecule has 1 aromatic rings. The Balaban J connectivity index is 3.07. The van der Waals surface area contributed by atoms with Crippen LogP contribution in [0.2, 0.25) is 0 Å². The van der Waals surface area contributed by atoms with Crippen molar-refractivity contribution in [3.8, 4) is 0 Å². The minimum Gasteiger partial charge on any atom is -0.463 e. The fraction of sp³-hybridized carbons (Fsp3) is 0.636. The summed E-state index contributed by atoms with van der Waals surface area (Å²) >= 11 is 0. The van der Waals surface area contributed by atoms with Crippen LogP contribution in [0.25, 0.3) is 0 Å². The average Bonchev–Trinajstić information content (AvgIpc) is 2.75. The Labute approximate surface area is 111 Å². The number of hydrogen-bond acceptors (Lipinski definition) is 7. The molecule has 0 bridgehead atoms. The van der Waals surface area contributed by atoms with Gasteiger partial charge in [0.05, 0.1) is 19.3 Å². The Kier molecular flexibility index (Phi) is 5.29. The molecule has 0 aliphatic rings. The standard InChI is InChI=1S/C11H18NO6P/c1-7(2)17-19(14,18-8(3)4)10-6-9(16-12-10)11(13)15-5/h6-8H,1-5H3. The van der Waals surface area contributed by atoms with Gasteiger partial charge in [0.2, 0.25) is 5.76 Å². The number of carbonyl (C=O) groups excluding carboxylic acids is 1. The number of nitrogens with zero attached hydrogens (tertiary/aromatic N) is 1. The van der Waals surface area contributed by atoms with Crippen molar-refractivity contribution < 1.29 is 27.7 Å². The Hall–Kier alpha value is -1.17. The largest absolute Gasteiger partial charge is 0.463 e. The average molecular weight is 291 g/mol. The topological polar surface area (TPSA) is 87.9 Å². The Morgan fingerprint density at radius 1 is 1.26 bits per heavy atom. The summed E-state index contributed by atoms with van der Waals surface area (Å²) in [5.41, 5.74) is -0.0460. The highest BCUT2D eigenvalue weighted by atomic mass is 31.2. The van der Waals surface area contributed by atoms with Gasteiger partial charge in [0.1, 0.15) is 0 Å². The van der Waals surface area contributed by atoms with E-state index in [0.717, 1.165) is 0 Å². The molecule has 0 aromatic carbocycles. The highest BCUT2D eigenvalue weighted by molar-refractivity contribution is 7.61. The third-order valence-electron chi connectivity index (χ3n) is 1.86. The van der Waals surface area contributed by atoms with Gasteiger partial charge in [-0.15, -0.1) is 0 Å². The molecule has 0 aliphatic carbocycles. The number of ether oxygens (including phenoxy) is 1. The van der Waals surface area contributed by atoms with Gasteiger partial charge in [-0.3, -0.25) is 4.57 Å². The van der Waals surface area contributed by atoms with Gasteiger partial charge in [0, 0.05) is 6.07 Å². The Bertz CT molecular complexity index is 467. The van der Waals surface area contributed by atoms with Crippen molar-refractivity contribution in [1.29, 1.82) is 0 Å². The number of aromatic nitrogens is 1. The van der Waals surface area contributed by atoms with Gasteiger partial charge >= 0.3 is 13.6 Å². The van der Waals surface area contributed by atoms with E-state index >= 15 is 0 Å². The first-order valence-corrected chi connectivity index (χ1v) is 7.35. The second-order valence-electron chi connectivity index (χ2n) is 4.35. The monoisotopic (exact) mass is 291 g/mol. The molecule has 1 rings (SSSR count). The maximum absolute atomic E-state index is 12.6. The summed E-state index contributed by atoms with van der Waals surface area (Å²) in [6, 6.07) is 1.21. The van der Waals surface area contributed by atoms with E-state index < -0.39 is 13.6 Å². The summed E-state index contributed by atoms with van der Waals surface area (Å²) in [5, 5.41) is 3.57. The van der Waals surface area contributed by atoms with E-state index in [1.54, 1.807) is 27.7 Å². The summed E-state index contributed by atoms with van der Waals surface area (Å²) < 4.78 is 32.5. The quantitative estimate of drug-likeness (QED) is 0.586. The molecule has 0 spiro atoms. The fourth-order valence-corrected chi connectivity index (χ4v) is 3.07. The van der Waals surface area contributed by atoms with Crippen LogP contribution in [0.1, 0.15) is 38.2 Å². The van der Waals surface area contributed by atoms with Crippen molar-refractivity contribution in [2.45, 2.75) is 39.9 Å². The van der Waals surface area contributed by atoms with E-state index in [-0.39, 0.29) is 23.4 Å². The molecule has 1 heterocycles. The van der Waals surface area contributed by atoms with E-state index in [1.165, 1.54) is 13.2 Å². The van der Waals surface area contributed by atoms with Crippen molar-refractivity contribution in [2.24, 2.45) is 0 Å². The van der Waals surface area contributed by atoms with Crippen LogP contribution >= 0.6 is 7.60 Å². The Morgan fingerprint density at radius 2 is 1.79 bits per heavy atom. The minimum atomic E-state index is -3.63. The molecule has 0 saturated heterocycles. The zero-order valence-electron chi connectivity index (χ0n) is 11.6. The van der Waals surface area contributed by atoms with Gasteiger partial charge in [0.15, 0.2) is 5.44 Å². The van der Waals surface area contributed by atoms with Crippen LogP contribution in [0.5, 0.6) is 0 Å². The van der Waals surface area contributed by atoms with Crippen molar-refractivity contribution >= 4 is 19.0 Å². The lowest BCUT2D eigenvalue weighted by Gasteiger charge is -2.20. The lowest BCUT2D eigenvalue weighted by atomic mass is 10.5. The predicted octanol–water partition coefficient (Wildman–Crippen LogP) is 2.13. The van der Waals surface area contributed by atoms with Crippen molar-refractivity contribution in [3.05, 3.63) is 11.8 Å². The lowest BCUT2D eigenvalue weighted by Crippen LogP contribution is -2.17. The highest BCUT2D eigenvalue weighted by Crippen LogP contribution is 2.48. The molecule has 7 nitrogen and oxygen atoms in total. The maximum atomic E-state index is 12.6. The number of carbonyl (C=O) groups is 1. The van der Waals surface area contributed by atoms with Crippen LogP contribution < -0.4 is 5.44 Å². The van der Waals surface area contributed by atoms with Crippen LogP contribution in [0.3, 0.4) is 0 Å². The molecule has 108 valence electrons. The highest BCUT2D eigenvalue weighted by Gasteiger charge is 2.35. The van der Waals surface area contributed by atoms with Gasteiger partial charge in [-0.05, 0) is 27.7 Å². The first-order valence-electron chi connectivity index (χ1n) is 5.81. The van der Waals surface area contributed by atoms with E-state index in [4.69, 9.17) is 13.6 Å². The van der Waals surface area contributed by atoms with Crippen molar-refractivity contribution in [2.75, 3.05) is 7.11 Å². The third-order valence-corrected chi connectivity index (χ3v) is 4.03. The zero-order valence-corrected chi connectivity index (χ0v) is 12.5. The molecule has 0 N–H and O–H groups in total. The van der Waals surface area contributed by atoms with Crippen LogP contribution in [0.4, 0.5) is 0 Å². The van der Waals surface area contributed by atoms with Crippen LogP contribution in [-0.4, -0.2) is 30.4 Å². The molecule has 0 saturated carbocycles. The number of rotatable bonds is 6. The fourth-order valence-electron chi connectivity index (χ4n) is 1.28. The first-order chi connectivity index (χ1) is 8.78. The van der Waals surface area contributed by atoms with Crippen molar-refractivity contribution in [1.82, 2.24) is 5.16 Å². The number of methoxy groups -OCH3 is 1. The van der Waals surface area contributed by atoms with Crippen LogP contribution in [-0.2, 0) is 18.3 Å². The number of esters is 1. The van der Waals surface area contributed by atoms with Gasteiger partial charge in [-0.2, -0.15) is 0 Å². The molecule has 0 aliphatic heterocycles. The second kappa shape index (κ2) is 6.32. The summed E-state index contributed by atoms with van der Waals surface area (Å²) in [4.78, 5) is 11.3. The van der Waals surface area contributed by atoms with Crippen LogP contribution in [0.15, 0.2) is 10.6 Å². The SMILES string of the molecule is COC(=O)c1cc(P(=O)(OC(C)C)OC(C)C)no1. The normalized spacial score (nSPS) is 12.2. The molecule has 1 aromatic heterocycles. The molecule has 0 radical (unpaired) electrons.